The van der Waals surface area contributed by atoms with Crippen molar-refractivity contribution < 1.29 is 0 Å². The lowest BCUT2D eigenvalue weighted by Crippen LogP contribution is -2.58. The van der Waals surface area contributed by atoms with Crippen molar-refractivity contribution in [3.8, 4) is 0 Å². The van der Waals surface area contributed by atoms with Crippen LogP contribution < -0.4 is 5.32 Å². The van der Waals surface area contributed by atoms with Crippen molar-refractivity contribution in [3.63, 3.8) is 0 Å². The first-order valence-electron chi connectivity index (χ1n) is 7.87. The molecule has 1 saturated heterocycles. The van der Waals surface area contributed by atoms with Gasteiger partial charge >= 0.3 is 0 Å². The highest BCUT2D eigenvalue weighted by atomic mass is 15.4. The van der Waals surface area contributed by atoms with Crippen LogP contribution in [0.2, 0.25) is 0 Å². The quantitative estimate of drug-likeness (QED) is 0.823. The number of hydrogen-bond donors (Lipinski definition) is 1. The van der Waals surface area contributed by atoms with Crippen LogP contribution in [-0.4, -0.2) is 51.1 Å². The van der Waals surface area contributed by atoms with E-state index >= 15 is 0 Å². The van der Waals surface area contributed by atoms with E-state index in [1.165, 1.54) is 25.9 Å². The molecule has 1 aromatic rings. The molecule has 0 amide bonds. The molecule has 1 aliphatic heterocycles. The van der Waals surface area contributed by atoms with E-state index in [1.54, 1.807) is 4.68 Å². The first-order valence-corrected chi connectivity index (χ1v) is 7.87. The molecule has 0 bridgehead atoms. The molecule has 0 spiro atoms. The molecular formula is C15H29N5. The van der Waals surface area contributed by atoms with Gasteiger partial charge < -0.3 is 5.32 Å². The summed E-state index contributed by atoms with van der Waals surface area (Å²) in [7, 11) is 1.93. The Morgan fingerprint density at radius 2 is 2.05 bits per heavy atom. The summed E-state index contributed by atoms with van der Waals surface area (Å²) in [5.74, 6) is 0. The summed E-state index contributed by atoms with van der Waals surface area (Å²) in [6.45, 7) is 10.4. The average molecular weight is 279 g/mol. The predicted octanol–water partition coefficient (Wildman–Crippen LogP) is 1.60. The van der Waals surface area contributed by atoms with Crippen LogP contribution in [0.5, 0.6) is 0 Å². The van der Waals surface area contributed by atoms with E-state index in [0.29, 0.717) is 6.04 Å². The number of likely N-dealkylation sites (tertiary alicyclic amines) is 1. The van der Waals surface area contributed by atoms with Crippen LogP contribution in [0.1, 0.15) is 45.7 Å². The molecule has 1 aliphatic rings. The third-order valence-corrected chi connectivity index (χ3v) is 4.48. The Labute approximate surface area is 122 Å². The Morgan fingerprint density at radius 1 is 1.35 bits per heavy atom. The van der Waals surface area contributed by atoms with E-state index < -0.39 is 0 Å². The fraction of sp³-hybridized carbons (Fsp3) is 0.867. The van der Waals surface area contributed by atoms with Gasteiger partial charge in [-0.1, -0.05) is 12.1 Å². The van der Waals surface area contributed by atoms with Gasteiger partial charge in [-0.15, -0.1) is 5.10 Å². The SMILES string of the molecule is CCCNC(Cc1cn(C)nn1)C(C)(C)N1CCCC1. The topological polar surface area (TPSA) is 46.0 Å². The summed E-state index contributed by atoms with van der Waals surface area (Å²) in [5.41, 5.74) is 1.23. The van der Waals surface area contributed by atoms with E-state index in [0.717, 1.165) is 25.1 Å². The summed E-state index contributed by atoms with van der Waals surface area (Å²) in [6.07, 6.45) is 6.79. The lowest BCUT2D eigenvalue weighted by Gasteiger charge is -2.42. The van der Waals surface area contributed by atoms with Crippen LogP contribution in [0.15, 0.2) is 6.20 Å². The summed E-state index contributed by atoms with van der Waals surface area (Å²) in [5, 5.41) is 12.0. The average Bonchev–Trinajstić information content (AvgIpc) is 3.05. The Hall–Kier alpha value is -0.940. The smallest absolute Gasteiger partial charge is 0.0843 e. The van der Waals surface area contributed by atoms with E-state index in [1.807, 2.05) is 13.2 Å². The van der Waals surface area contributed by atoms with Crippen molar-refractivity contribution in [2.75, 3.05) is 19.6 Å². The molecule has 5 heteroatoms. The number of hydrogen-bond acceptors (Lipinski definition) is 4. The Kier molecular flexibility index (Phi) is 5.16. The van der Waals surface area contributed by atoms with Gasteiger partial charge in [0.15, 0.2) is 0 Å². The largest absolute Gasteiger partial charge is 0.312 e. The van der Waals surface area contributed by atoms with E-state index in [-0.39, 0.29) is 5.54 Å². The maximum Gasteiger partial charge on any atom is 0.0843 e. The summed E-state index contributed by atoms with van der Waals surface area (Å²) in [6, 6.07) is 0.414. The van der Waals surface area contributed by atoms with Crippen LogP contribution in [0.4, 0.5) is 0 Å². The monoisotopic (exact) mass is 279 g/mol. The zero-order valence-electron chi connectivity index (χ0n) is 13.4. The molecule has 0 aliphatic carbocycles. The fourth-order valence-corrected chi connectivity index (χ4v) is 3.10. The second-order valence-corrected chi connectivity index (χ2v) is 6.44. The van der Waals surface area contributed by atoms with Gasteiger partial charge in [0.05, 0.1) is 5.69 Å². The van der Waals surface area contributed by atoms with Gasteiger partial charge in [0.25, 0.3) is 0 Å². The maximum atomic E-state index is 4.26. The first-order chi connectivity index (χ1) is 9.54. The lowest BCUT2D eigenvalue weighted by atomic mass is 9.89. The van der Waals surface area contributed by atoms with Crippen LogP contribution in [0.25, 0.3) is 0 Å². The molecule has 1 unspecified atom stereocenters. The Balaban J connectivity index is 2.08. The minimum atomic E-state index is 0.156. The van der Waals surface area contributed by atoms with Crippen molar-refractivity contribution in [1.29, 1.82) is 0 Å². The Bertz CT molecular complexity index is 406. The first kappa shape index (κ1) is 15.4. The van der Waals surface area contributed by atoms with E-state index in [4.69, 9.17) is 0 Å². The standard InChI is InChI=1S/C15H29N5/c1-5-8-16-14(11-13-12-19(4)18-17-13)15(2,3)20-9-6-7-10-20/h12,14,16H,5-11H2,1-4H3. The summed E-state index contributed by atoms with van der Waals surface area (Å²) in [4.78, 5) is 2.62. The highest BCUT2D eigenvalue weighted by Crippen LogP contribution is 2.26. The normalized spacial score (nSPS) is 18.6. The second-order valence-electron chi connectivity index (χ2n) is 6.44. The molecule has 2 rings (SSSR count). The van der Waals surface area contributed by atoms with Gasteiger partial charge in [0, 0.05) is 31.2 Å². The molecule has 1 aromatic heterocycles. The van der Waals surface area contributed by atoms with Crippen molar-refractivity contribution in [1.82, 2.24) is 25.2 Å². The van der Waals surface area contributed by atoms with Gasteiger partial charge in [-0.3, -0.25) is 9.58 Å². The summed E-state index contributed by atoms with van der Waals surface area (Å²) >= 11 is 0. The molecule has 0 aromatic carbocycles. The number of nitrogens with zero attached hydrogens (tertiary/aromatic N) is 4. The number of nitrogens with one attached hydrogen (secondary N) is 1. The van der Waals surface area contributed by atoms with Gasteiger partial charge in [-0.05, 0) is 52.7 Å². The molecule has 1 atom stereocenters. The number of aromatic nitrogens is 3. The Morgan fingerprint density at radius 3 is 2.60 bits per heavy atom. The zero-order chi connectivity index (χ0) is 14.6. The minimum Gasteiger partial charge on any atom is -0.312 e. The second kappa shape index (κ2) is 6.68. The van der Waals surface area contributed by atoms with Crippen molar-refractivity contribution in [2.45, 2.75) is 58.0 Å². The zero-order valence-corrected chi connectivity index (χ0v) is 13.4. The van der Waals surface area contributed by atoms with Gasteiger partial charge in [0.2, 0.25) is 0 Å². The molecular weight excluding hydrogens is 250 g/mol. The highest BCUT2D eigenvalue weighted by Gasteiger charge is 2.36. The molecule has 1 fully saturated rings. The molecule has 2 heterocycles. The van der Waals surface area contributed by atoms with E-state index in [2.05, 4.69) is 41.3 Å². The highest BCUT2D eigenvalue weighted by molar-refractivity contribution is 5.04. The molecule has 0 saturated carbocycles. The van der Waals surface area contributed by atoms with Crippen LogP contribution in [0.3, 0.4) is 0 Å². The molecule has 5 nitrogen and oxygen atoms in total. The van der Waals surface area contributed by atoms with E-state index in [9.17, 15) is 0 Å². The third kappa shape index (κ3) is 3.58. The van der Waals surface area contributed by atoms with Crippen molar-refractivity contribution in [3.05, 3.63) is 11.9 Å². The predicted molar refractivity (Wildman–Crippen MR) is 81.7 cm³/mol. The van der Waals surface area contributed by atoms with Crippen molar-refractivity contribution >= 4 is 0 Å². The maximum absolute atomic E-state index is 4.26. The molecule has 0 radical (unpaired) electrons. The summed E-state index contributed by atoms with van der Waals surface area (Å²) < 4.78 is 1.79. The molecule has 1 N–H and O–H groups in total. The van der Waals surface area contributed by atoms with Gasteiger partial charge in [0.1, 0.15) is 0 Å². The van der Waals surface area contributed by atoms with Gasteiger partial charge in [-0.2, -0.15) is 0 Å². The lowest BCUT2D eigenvalue weighted by molar-refractivity contribution is 0.106. The van der Waals surface area contributed by atoms with Crippen LogP contribution in [0, 0.1) is 0 Å². The molecule has 20 heavy (non-hydrogen) atoms. The number of aryl methyl sites for hydroxylation is 1. The minimum absolute atomic E-state index is 0.156. The van der Waals surface area contributed by atoms with Crippen LogP contribution >= 0.6 is 0 Å². The third-order valence-electron chi connectivity index (χ3n) is 4.48. The van der Waals surface area contributed by atoms with Crippen LogP contribution in [-0.2, 0) is 13.5 Å². The fourth-order valence-electron chi connectivity index (χ4n) is 3.10. The van der Waals surface area contributed by atoms with Gasteiger partial charge in [-0.25, -0.2) is 0 Å². The number of rotatable bonds is 7. The molecule has 114 valence electrons. The van der Waals surface area contributed by atoms with Crippen molar-refractivity contribution in [2.24, 2.45) is 7.05 Å².